The van der Waals surface area contributed by atoms with Crippen LogP contribution in [0.4, 0.5) is 10.5 Å². The lowest BCUT2D eigenvalue weighted by molar-refractivity contribution is 0.0607. The molecule has 0 unspecified atom stereocenters. The molecule has 1 amide bonds. The fraction of sp³-hybridized carbons (Fsp3) is 0.222. The summed E-state index contributed by atoms with van der Waals surface area (Å²) >= 11 is 3.81. The Hall–Kier alpha value is -1.12. The van der Waals surface area contributed by atoms with Crippen LogP contribution >= 0.6 is 34.6 Å². The maximum absolute atomic E-state index is 11.6. The van der Waals surface area contributed by atoms with Gasteiger partial charge in [0.25, 0.3) is 5.24 Å². The Bertz CT molecular complexity index is 631. The van der Waals surface area contributed by atoms with Crippen LogP contribution in [0.3, 0.4) is 0 Å². The number of carbonyl (C=O) groups excluding carboxylic acids is 2. The topological polar surface area (TPSA) is 68.3 Å². The Labute approximate surface area is 108 Å². The first kappa shape index (κ1) is 11.0. The molecule has 1 aliphatic heterocycles. The van der Waals surface area contributed by atoms with Crippen LogP contribution in [0, 0.1) is 0 Å². The molecule has 88 valence electrons. The smallest absolute Gasteiger partial charge is 0.350 e. The summed E-state index contributed by atoms with van der Waals surface area (Å²) in [4.78, 5) is 23.6. The number of amides is 1. The largest absolute Gasteiger partial charge is 0.465 e. The Kier molecular flexibility index (Phi) is 2.57. The molecular weight excluding hydrogens is 280 g/mol. The van der Waals surface area contributed by atoms with Crippen molar-refractivity contribution >= 4 is 60.9 Å². The minimum atomic E-state index is -0.424. The van der Waals surface area contributed by atoms with Crippen molar-refractivity contribution in [3.8, 4) is 0 Å². The summed E-state index contributed by atoms with van der Waals surface area (Å²) in [6.45, 7) is 0. The van der Waals surface area contributed by atoms with Crippen LogP contribution in [0.25, 0.3) is 9.40 Å². The lowest BCUT2D eigenvalue weighted by atomic mass is 10.2. The second kappa shape index (κ2) is 3.97. The highest BCUT2D eigenvalue weighted by Crippen LogP contribution is 2.43. The number of thiophene rings is 1. The molecule has 17 heavy (non-hydrogen) atoms. The van der Waals surface area contributed by atoms with E-state index in [4.69, 9.17) is 4.74 Å². The van der Waals surface area contributed by atoms with E-state index in [2.05, 4.69) is 9.69 Å². The molecule has 1 aliphatic rings. The van der Waals surface area contributed by atoms with Crippen LogP contribution in [0.2, 0.25) is 0 Å². The van der Waals surface area contributed by atoms with Gasteiger partial charge in [-0.15, -0.1) is 11.3 Å². The third-order valence-corrected chi connectivity index (χ3v) is 5.24. The van der Waals surface area contributed by atoms with Crippen LogP contribution in [0.5, 0.6) is 0 Å². The number of nitrogens with zero attached hydrogens (tertiary/aromatic N) is 1. The van der Waals surface area contributed by atoms with Crippen molar-refractivity contribution in [3.05, 3.63) is 10.6 Å². The predicted molar refractivity (Wildman–Crippen MR) is 69.2 cm³/mol. The molecule has 0 saturated heterocycles. The van der Waals surface area contributed by atoms with Crippen molar-refractivity contribution in [2.45, 2.75) is 5.75 Å². The van der Waals surface area contributed by atoms with Gasteiger partial charge in [-0.05, 0) is 11.5 Å². The molecule has 0 atom stereocenters. The Morgan fingerprint density at radius 3 is 3.12 bits per heavy atom. The van der Waals surface area contributed by atoms with Crippen LogP contribution in [-0.4, -0.2) is 22.7 Å². The van der Waals surface area contributed by atoms with Crippen molar-refractivity contribution in [2.75, 3.05) is 12.4 Å². The number of hydrogen-bond acceptors (Lipinski definition) is 7. The Morgan fingerprint density at radius 2 is 2.35 bits per heavy atom. The van der Waals surface area contributed by atoms with E-state index in [9.17, 15) is 9.59 Å². The summed E-state index contributed by atoms with van der Waals surface area (Å²) < 4.78 is 9.95. The van der Waals surface area contributed by atoms with Gasteiger partial charge in [-0.2, -0.15) is 4.37 Å². The first-order chi connectivity index (χ1) is 8.20. The summed E-state index contributed by atoms with van der Waals surface area (Å²) in [5.74, 6) is 0.113. The van der Waals surface area contributed by atoms with Crippen molar-refractivity contribution in [1.82, 2.24) is 4.37 Å². The zero-order valence-electron chi connectivity index (χ0n) is 8.60. The fourth-order valence-electron chi connectivity index (χ4n) is 1.61. The zero-order valence-corrected chi connectivity index (χ0v) is 11.1. The first-order valence-corrected chi connectivity index (χ1v) is 7.21. The zero-order chi connectivity index (χ0) is 12.0. The summed E-state index contributed by atoms with van der Waals surface area (Å²) in [7, 11) is 1.33. The molecule has 0 aliphatic carbocycles. The van der Waals surface area contributed by atoms with Gasteiger partial charge in [0.15, 0.2) is 0 Å². The number of nitrogens with one attached hydrogen (secondary N) is 1. The monoisotopic (exact) mass is 286 g/mol. The third-order valence-electron chi connectivity index (χ3n) is 2.34. The Morgan fingerprint density at radius 1 is 1.53 bits per heavy atom. The molecular formula is C9H6N2O3S3. The average molecular weight is 286 g/mol. The van der Waals surface area contributed by atoms with E-state index in [1.165, 1.54) is 30.0 Å². The van der Waals surface area contributed by atoms with Gasteiger partial charge in [0.2, 0.25) is 0 Å². The number of aromatic nitrogens is 1. The molecule has 2 aromatic rings. The van der Waals surface area contributed by atoms with Crippen LogP contribution in [0.1, 0.15) is 15.4 Å². The molecule has 2 aromatic heterocycles. The van der Waals surface area contributed by atoms with Crippen molar-refractivity contribution in [2.24, 2.45) is 0 Å². The summed E-state index contributed by atoms with van der Waals surface area (Å²) in [5.41, 5.74) is 1.41. The number of anilines is 1. The van der Waals surface area contributed by atoms with Crippen LogP contribution in [0.15, 0.2) is 0 Å². The number of thioether (sulfide) groups is 1. The normalized spacial score (nSPS) is 14.5. The minimum absolute atomic E-state index is 0.169. The van der Waals surface area contributed by atoms with Gasteiger partial charge in [0.05, 0.1) is 23.9 Å². The number of carbonyl (C=O) groups is 2. The van der Waals surface area contributed by atoms with Crippen LogP contribution < -0.4 is 5.32 Å². The number of ether oxygens (including phenoxy) is 1. The average Bonchev–Trinajstić information content (AvgIpc) is 2.81. The molecule has 0 aromatic carbocycles. The van der Waals surface area contributed by atoms with Crippen molar-refractivity contribution in [1.29, 1.82) is 0 Å². The summed E-state index contributed by atoms with van der Waals surface area (Å²) in [5, 5.41) is 3.46. The molecule has 3 rings (SSSR count). The molecule has 1 N–H and O–H groups in total. The fourth-order valence-corrected chi connectivity index (χ4v) is 4.44. The first-order valence-electron chi connectivity index (χ1n) is 4.64. The van der Waals surface area contributed by atoms with E-state index in [1.54, 1.807) is 0 Å². The van der Waals surface area contributed by atoms with E-state index in [0.29, 0.717) is 16.3 Å². The van der Waals surface area contributed by atoms with Gasteiger partial charge in [-0.1, -0.05) is 11.8 Å². The predicted octanol–water partition coefficient (Wildman–Crippen LogP) is 2.92. The van der Waals surface area contributed by atoms with Crippen molar-refractivity contribution < 1.29 is 14.3 Å². The lowest BCUT2D eigenvalue weighted by Crippen LogP contribution is -2.07. The quantitative estimate of drug-likeness (QED) is 0.816. The molecule has 0 radical (unpaired) electrons. The van der Waals surface area contributed by atoms with Gasteiger partial charge in [0.1, 0.15) is 8.89 Å². The van der Waals surface area contributed by atoms with Gasteiger partial charge >= 0.3 is 5.97 Å². The number of esters is 1. The minimum Gasteiger partial charge on any atom is -0.465 e. The second-order valence-electron chi connectivity index (χ2n) is 3.29. The highest BCUT2D eigenvalue weighted by atomic mass is 32.2. The van der Waals surface area contributed by atoms with Crippen LogP contribution in [-0.2, 0) is 10.5 Å². The van der Waals surface area contributed by atoms with Gasteiger partial charge in [-0.25, -0.2) is 4.79 Å². The molecule has 3 heterocycles. The number of rotatable bonds is 1. The standard InChI is InChI=1S/C9H6N2O3S3/c1-14-7(12)6-5-4-3(2-15-9(13)10-5)11-17-8(4)16-6/h2H2,1H3,(H,10,13). The highest BCUT2D eigenvalue weighted by molar-refractivity contribution is 8.13. The van der Waals surface area contributed by atoms with E-state index in [1.807, 2.05) is 0 Å². The van der Waals surface area contributed by atoms with Crippen molar-refractivity contribution in [3.63, 3.8) is 0 Å². The third kappa shape index (κ3) is 1.63. The summed E-state index contributed by atoms with van der Waals surface area (Å²) in [6.07, 6.45) is 0. The maximum atomic E-state index is 11.6. The molecule has 0 saturated carbocycles. The van der Waals surface area contributed by atoms with E-state index >= 15 is 0 Å². The molecule has 0 spiro atoms. The van der Waals surface area contributed by atoms with Gasteiger partial charge in [-0.3, -0.25) is 4.79 Å². The summed E-state index contributed by atoms with van der Waals surface area (Å²) in [6, 6.07) is 0. The Balaban J connectivity index is 2.27. The van der Waals surface area contributed by atoms with E-state index in [-0.39, 0.29) is 5.24 Å². The van der Waals surface area contributed by atoms with E-state index < -0.39 is 5.97 Å². The van der Waals surface area contributed by atoms with Gasteiger partial charge < -0.3 is 10.1 Å². The molecule has 0 fully saturated rings. The molecule has 8 heteroatoms. The maximum Gasteiger partial charge on any atom is 0.350 e. The number of methoxy groups -OCH3 is 1. The lowest BCUT2D eigenvalue weighted by Gasteiger charge is -2.01. The molecule has 0 bridgehead atoms. The highest BCUT2D eigenvalue weighted by Gasteiger charge is 2.27. The van der Waals surface area contributed by atoms with E-state index in [0.717, 1.165) is 26.9 Å². The SMILES string of the molecule is COC(=O)c1sc2snc3c2c1NC(=O)SC3. The second-order valence-corrected chi connectivity index (χ2v) is 6.29. The number of hydrogen-bond donors (Lipinski definition) is 1. The molecule has 5 nitrogen and oxygen atoms in total. The van der Waals surface area contributed by atoms with Gasteiger partial charge in [0, 0.05) is 5.75 Å².